The standard InChI is InChI=1S/C18H17FN4O2S/c1-12-21-22-18(23(12)15-7-9-16(25-2)10-8-15)26-11-17(24)20-14-5-3-13(19)4-6-14/h3-10H,11H2,1-2H3,(H,20,24). The van der Waals surface area contributed by atoms with Crippen LogP contribution >= 0.6 is 11.8 Å². The third kappa shape index (κ3) is 4.20. The quantitative estimate of drug-likeness (QED) is 0.671. The van der Waals surface area contributed by atoms with E-state index < -0.39 is 0 Å². The molecule has 0 radical (unpaired) electrons. The van der Waals surface area contributed by atoms with E-state index >= 15 is 0 Å². The van der Waals surface area contributed by atoms with E-state index in [0.717, 1.165) is 17.3 Å². The smallest absolute Gasteiger partial charge is 0.234 e. The zero-order chi connectivity index (χ0) is 18.5. The summed E-state index contributed by atoms with van der Waals surface area (Å²) in [5, 5.41) is 11.6. The van der Waals surface area contributed by atoms with Gasteiger partial charge in [0.25, 0.3) is 0 Å². The summed E-state index contributed by atoms with van der Waals surface area (Å²) in [4.78, 5) is 12.1. The summed E-state index contributed by atoms with van der Waals surface area (Å²) in [5.41, 5.74) is 1.43. The number of anilines is 1. The maximum absolute atomic E-state index is 12.9. The molecule has 8 heteroatoms. The van der Waals surface area contributed by atoms with Crippen molar-refractivity contribution in [1.29, 1.82) is 0 Å². The van der Waals surface area contributed by atoms with Crippen molar-refractivity contribution in [2.24, 2.45) is 0 Å². The number of hydrogen-bond donors (Lipinski definition) is 1. The second-order valence-electron chi connectivity index (χ2n) is 5.41. The van der Waals surface area contributed by atoms with E-state index in [1.54, 1.807) is 7.11 Å². The Morgan fingerprint density at radius 1 is 1.15 bits per heavy atom. The third-order valence-electron chi connectivity index (χ3n) is 3.59. The zero-order valence-corrected chi connectivity index (χ0v) is 15.1. The van der Waals surface area contributed by atoms with Crippen molar-refractivity contribution in [1.82, 2.24) is 14.8 Å². The molecule has 1 N–H and O–H groups in total. The molecule has 0 atom stereocenters. The van der Waals surface area contributed by atoms with Crippen molar-refractivity contribution < 1.29 is 13.9 Å². The molecule has 0 fully saturated rings. The van der Waals surface area contributed by atoms with Crippen LogP contribution < -0.4 is 10.1 Å². The molecule has 26 heavy (non-hydrogen) atoms. The summed E-state index contributed by atoms with van der Waals surface area (Å²) in [6.07, 6.45) is 0. The van der Waals surface area contributed by atoms with E-state index in [4.69, 9.17) is 4.74 Å². The molecule has 0 saturated heterocycles. The number of benzene rings is 2. The number of amides is 1. The predicted octanol–water partition coefficient (Wildman–Crippen LogP) is 3.45. The van der Waals surface area contributed by atoms with Gasteiger partial charge < -0.3 is 10.1 Å². The van der Waals surface area contributed by atoms with Crippen molar-refractivity contribution in [3.63, 3.8) is 0 Å². The minimum absolute atomic E-state index is 0.158. The lowest BCUT2D eigenvalue weighted by Gasteiger charge is -2.09. The number of nitrogens with zero attached hydrogens (tertiary/aromatic N) is 3. The molecular formula is C18H17FN4O2S. The molecule has 0 aliphatic carbocycles. The van der Waals surface area contributed by atoms with E-state index in [-0.39, 0.29) is 17.5 Å². The van der Waals surface area contributed by atoms with Gasteiger partial charge in [0.15, 0.2) is 5.16 Å². The SMILES string of the molecule is COc1ccc(-n2c(C)nnc2SCC(=O)Nc2ccc(F)cc2)cc1. The van der Waals surface area contributed by atoms with Crippen molar-refractivity contribution in [3.8, 4) is 11.4 Å². The fraction of sp³-hybridized carbons (Fsp3) is 0.167. The molecule has 134 valence electrons. The second kappa shape index (κ2) is 8.01. The molecule has 0 aliphatic rings. The highest BCUT2D eigenvalue weighted by Gasteiger charge is 2.13. The van der Waals surface area contributed by atoms with Crippen molar-refractivity contribution in [3.05, 3.63) is 60.2 Å². The average molecular weight is 372 g/mol. The number of thioether (sulfide) groups is 1. The minimum atomic E-state index is -0.347. The number of aryl methyl sites for hydroxylation is 1. The Balaban J connectivity index is 1.68. The Kier molecular flexibility index (Phi) is 5.52. The predicted molar refractivity (Wildman–Crippen MR) is 98.4 cm³/mol. The van der Waals surface area contributed by atoms with E-state index in [2.05, 4.69) is 15.5 Å². The fourth-order valence-corrected chi connectivity index (χ4v) is 3.12. The number of carbonyl (C=O) groups excluding carboxylic acids is 1. The van der Waals surface area contributed by atoms with E-state index in [1.165, 1.54) is 36.0 Å². The topological polar surface area (TPSA) is 69.0 Å². The summed E-state index contributed by atoms with van der Waals surface area (Å²) in [6.45, 7) is 1.85. The monoisotopic (exact) mass is 372 g/mol. The number of carbonyl (C=O) groups is 1. The number of halogens is 1. The van der Waals surface area contributed by atoms with Gasteiger partial charge in [0.1, 0.15) is 17.4 Å². The molecule has 0 unspecified atom stereocenters. The highest BCUT2D eigenvalue weighted by atomic mass is 32.2. The van der Waals surface area contributed by atoms with Crippen LogP contribution in [0.15, 0.2) is 53.7 Å². The summed E-state index contributed by atoms with van der Waals surface area (Å²) >= 11 is 1.28. The molecule has 1 heterocycles. The molecule has 0 saturated carbocycles. The van der Waals surface area contributed by atoms with Crippen LogP contribution in [0.2, 0.25) is 0 Å². The first-order chi connectivity index (χ1) is 12.6. The van der Waals surface area contributed by atoms with Crippen LogP contribution in [-0.2, 0) is 4.79 Å². The third-order valence-corrected chi connectivity index (χ3v) is 4.52. The van der Waals surface area contributed by atoms with Crippen molar-refractivity contribution in [2.45, 2.75) is 12.1 Å². The van der Waals surface area contributed by atoms with Gasteiger partial charge in [-0.2, -0.15) is 0 Å². The van der Waals surface area contributed by atoms with Gasteiger partial charge in [-0.1, -0.05) is 11.8 Å². The summed E-state index contributed by atoms with van der Waals surface area (Å²) in [7, 11) is 1.61. The van der Waals surface area contributed by atoms with Crippen LogP contribution in [0.3, 0.4) is 0 Å². The Labute approximate surface area is 154 Å². The molecule has 3 aromatic rings. The number of methoxy groups -OCH3 is 1. The van der Waals surface area contributed by atoms with Crippen LogP contribution in [0.5, 0.6) is 5.75 Å². The Morgan fingerprint density at radius 3 is 2.50 bits per heavy atom. The highest BCUT2D eigenvalue weighted by Crippen LogP contribution is 2.23. The molecule has 1 aromatic heterocycles. The molecule has 0 bridgehead atoms. The highest BCUT2D eigenvalue weighted by molar-refractivity contribution is 7.99. The van der Waals surface area contributed by atoms with Gasteiger partial charge >= 0.3 is 0 Å². The van der Waals surface area contributed by atoms with Crippen molar-refractivity contribution >= 4 is 23.4 Å². The maximum atomic E-state index is 12.9. The Bertz CT molecular complexity index is 895. The van der Waals surface area contributed by atoms with Gasteiger partial charge in [-0.3, -0.25) is 9.36 Å². The molecule has 1 amide bonds. The van der Waals surface area contributed by atoms with Gasteiger partial charge in [0.2, 0.25) is 5.91 Å². The molecule has 6 nitrogen and oxygen atoms in total. The van der Waals surface area contributed by atoms with E-state index in [9.17, 15) is 9.18 Å². The number of nitrogens with one attached hydrogen (secondary N) is 1. The lowest BCUT2D eigenvalue weighted by molar-refractivity contribution is -0.113. The molecule has 0 aliphatic heterocycles. The minimum Gasteiger partial charge on any atom is -0.497 e. The van der Waals surface area contributed by atoms with Crippen LogP contribution in [-0.4, -0.2) is 33.5 Å². The van der Waals surface area contributed by atoms with Crippen LogP contribution in [0, 0.1) is 12.7 Å². The van der Waals surface area contributed by atoms with Gasteiger partial charge in [0, 0.05) is 11.4 Å². The number of rotatable bonds is 6. The zero-order valence-electron chi connectivity index (χ0n) is 14.3. The second-order valence-corrected chi connectivity index (χ2v) is 6.35. The fourth-order valence-electron chi connectivity index (χ4n) is 2.33. The summed E-state index contributed by atoms with van der Waals surface area (Å²) in [5.74, 6) is 1.08. The largest absolute Gasteiger partial charge is 0.497 e. The van der Waals surface area contributed by atoms with Crippen LogP contribution in [0.4, 0.5) is 10.1 Å². The number of aromatic nitrogens is 3. The number of ether oxygens (including phenoxy) is 1. The molecule has 2 aromatic carbocycles. The van der Waals surface area contributed by atoms with Crippen molar-refractivity contribution in [2.75, 3.05) is 18.2 Å². The lowest BCUT2D eigenvalue weighted by Crippen LogP contribution is -2.14. The van der Waals surface area contributed by atoms with Gasteiger partial charge in [-0.25, -0.2) is 4.39 Å². The number of hydrogen-bond acceptors (Lipinski definition) is 5. The normalized spacial score (nSPS) is 10.6. The maximum Gasteiger partial charge on any atom is 0.234 e. The summed E-state index contributed by atoms with van der Waals surface area (Å²) < 4.78 is 19.9. The lowest BCUT2D eigenvalue weighted by atomic mass is 10.3. The van der Waals surface area contributed by atoms with Gasteiger partial charge in [-0.05, 0) is 55.5 Å². The van der Waals surface area contributed by atoms with Gasteiger partial charge in [0.05, 0.1) is 12.9 Å². The average Bonchev–Trinajstić information content (AvgIpc) is 3.02. The summed E-state index contributed by atoms with van der Waals surface area (Å²) in [6, 6.07) is 13.1. The Morgan fingerprint density at radius 2 is 1.85 bits per heavy atom. The first kappa shape index (κ1) is 17.9. The van der Waals surface area contributed by atoms with E-state index in [0.29, 0.717) is 10.8 Å². The first-order valence-corrected chi connectivity index (χ1v) is 8.80. The molecule has 3 rings (SSSR count). The Hall–Kier alpha value is -2.87. The van der Waals surface area contributed by atoms with Crippen LogP contribution in [0.25, 0.3) is 5.69 Å². The van der Waals surface area contributed by atoms with Crippen LogP contribution in [0.1, 0.15) is 5.82 Å². The molecular weight excluding hydrogens is 355 g/mol. The first-order valence-electron chi connectivity index (χ1n) is 7.81. The molecule has 0 spiro atoms. The van der Waals surface area contributed by atoms with Gasteiger partial charge in [-0.15, -0.1) is 10.2 Å². The van der Waals surface area contributed by atoms with E-state index in [1.807, 2.05) is 35.8 Å².